The number of carbonyl (C=O) groups excluding carboxylic acids is 1. The van der Waals surface area contributed by atoms with E-state index in [2.05, 4.69) is 10.5 Å². The van der Waals surface area contributed by atoms with Gasteiger partial charge in [-0.2, -0.15) is 4.31 Å². The number of sulfonamides is 1. The minimum absolute atomic E-state index is 0.0557. The molecule has 2 aromatic rings. The van der Waals surface area contributed by atoms with Crippen LogP contribution in [-0.2, 0) is 14.8 Å². The average molecular weight is 433 g/mol. The maximum atomic E-state index is 13.3. The van der Waals surface area contributed by atoms with Crippen LogP contribution in [0.1, 0.15) is 29.9 Å². The van der Waals surface area contributed by atoms with E-state index in [1.54, 1.807) is 24.1 Å². The van der Waals surface area contributed by atoms with Crippen LogP contribution in [-0.4, -0.2) is 55.9 Å². The van der Waals surface area contributed by atoms with Gasteiger partial charge in [-0.15, -0.1) is 0 Å². The fourth-order valence-corrected chi connectivity index (χ4v) is 5.17. The van der Waals surface area contributed by atoms with Gasteiger partial charge in [-0.25, -0.2) is 8.42 Å². The van der Waals surface area contributed by atoms with Crippen molar-refractivity contribution < 1.29 is 17.7 Å². The first-order valence-corrected chi connectivity index (χ1v) is 11.3. The van der Waals surface area contributed by atoms with Crippen LogP contribution in [0.4, 0.5) is 5.69 Å². The molecule has 0 radical (unpaired) electrons. The van der Waals surface area contributed by atoms with Gasteiger partial charge in [0.15, 0.2) is 10.7 Å². The summed E-state index contributed by atoms with van der Waals surface area (Å²) >= 11 is 0. The van der Waals surface area contributed by atoms with Gasteiger partial charge in [0.05, 0.1) is 5.92 Å². The van der Waals surface area contributed by atoms with E-state index in [1.807, 2.05) is 45.3 Å². The highest BCUT2D eigenvalue weighted by Gasteiger charge is 2.36. The zero-order chi connectivity index (χ0) is 21.9. The number of aryl methyl sites for hydroxylation is 2. The highest BCUT2D eigenvalue weighted by molar-refractivity contribution is 7.89. The van der Waals surface area contributed by atoms with Crippen molar-refractivity contribution in [2.75, 3.05) is 32.5 Å². The third kappa shape index (κ3) is 4.91. The van der Waals surface area contributed by atoms with Gasteiger partial charge in [-0.05, 0) is 38.8 Å². The van der Waals surface area contributed by atoms with Gasteiger partial charge >= 0.3 is 0 Å². The van der Waals surface area contributed by atoms with Crippen molar-refractivity contribution in [3.05, 3.63) is 47.5 Å². The van der Waals surface area contributed by atoms with Gasteiger partial charge in [0, 0.05) is 45.1 Å². The number of nitrogens with one attached hydrogen (secondary N) is 1. The number of nitrogens with zero attached hydrogens (tertiary/aromatic N) is 3. The van der Waals surface area contributed by atoms with Crippen LogP contribution in [0, 0.1) is 19.8 Å². The van der Waals surface area contributed by atoms with Gasteiger partial charge in [-0.1, -0.05) is 22.9 Å². The fraction of sp³-hybridized carbons (Fsp3) is 0.429. The Kier molecular flexibility index (Phi) is 6.62. The van der Waals surface area contributed by atoms with E-state index in [4.69, 9.17) is 4.52 Å². The molecule has 0 bridgehead atoms. The van der Waals surface area contributed by atoms with Crippen LogP contribution in [0.3, 0.4) is 0 Å². The van der Waals surface area contributed by atoms with Gasteiger partial charge in [0.1, 0.15) is 5.69 Å². The molecule has 3 rings (SSSR count). The minimum atomic E-state index is -3.85. The van der Waals surface area contributed by atoms with Crippen LogP contribution in [0.25, 0.3) is 6.08 Å². The molecule has 1 N–H and O–H groups in total. The number of hydrogen-bond acceptors (Lipinski definition) is 6. The third-order valence-electron chi connectivity index (χ3n) is 5.03. The summed E-state index contributed by atoms with van der Waals surface area (Å²) in [6.45, 7) is 4.07. The van der Waals surface area contributed by atoms with Crippen molar-refractivity contribution in [3.63, 3.8) is 0 Å². The molecular weight excluding hydrogens is 404 g/mol. The Bertz CT molecular complexity index is 1030. The molecule has 1 unspecified atom stereocenters. The molecule has 2 heterocycles. The Morgan fingerprint density at radius 2 is 1.97 bits per heavy atom. The summed E-state index contributed by atoms with van der Waals surface area (Å²) in [5.41, 5.74) is 2.11. The van der Waals surface area contributed by atoms with Crippen LogP contribution in [0.2, 0.25) is 0 Å². The highest BCUT2D eigenvalue weighted by atomic mass is 32.2. The lowest BCUT2D eigenvalue weighted by atomic mass is 9.98. The first kappa shape index (κ1) is 22.0. The number of rotatable bonds is 6. The van der Waals surface area contributed by atoms with Crippen LogP contribution in [0.15, 0.2) is 39.9 Å². The largest absolute Gasteiger partial charge is 0.383 e. The summed E-state index contributed by atoms with van der Waals surface area (Å²) in [7, 11) is -0.187. The first-order chi connectivity index (χ1) is 14.2. The number of carbonyl (C=O) groups is 1. The molecule has 0 spiro atoms. The van der Waals surface area contributed by atoms with E-state index in [0.717, 1.165) is 5.56 Å². The second-order valence-electron chi connectivity index (χ2n) is 7.80. The lowest BCUT2D eigenvalue weighted by Gasteiger charge is -2.31. The molecule has 1 fully saturated rings. The number of hydrogen-bond donors (Lipinski definition) is 1. The monoisotopic (exact) mass is 432 g/mol. The Morgan fingerprint density at radius 3 is 2.63 bits per heavy atom. The predicted molar refractivity (Wildman–Crippen MR) is 115 cm³/mol. The van der Waals surface area contributed by atoms with Crippen LogP contribution < -0.4 is 5.32 Å². The van der Waals surface area contributed by atoms with Crippen molar-refractivity contribution in [2.24, 2.45) is 5.92 Å². The number of benzene rings is 1. The van der Waals surface area contributed by atoms with E-state index in [1.165, 1.54) is 4.31 Å². The van der Waals surface area contributed by atoms with Gasteiger partial charge in [0.25, 0.3) is 0 Å². The Labute approximate surface area is 177 Å². The smallest absolute Gasteiger partial charge is 0.248 e. The summed E-state index contributed by atoms with van der Waals surface area (Å²) in [5.74, 6) is -0.406. The molecule has 30 heavy (non-hydrogen) atoms. The average Bonchev–Trinajstić information content (AvgIpc) is 3.09. The minimum Gasteiger partial charge on any atom is -0.383 e. The zero-order valence-electron chi connectivity index (χ0n) is 17.8. The number of amides is 1. The van der Waals surface area contributed by atoms with Crippen molar-refractivity contribution in [3.8, 4) is 0 Å². The molecule has 9 heteroatoms. The van der Waals surface area contributed by atoms with Crippen molar-refractivity contribution in [1.82, 2.24) is 14.4 Å². The van der Waals surface area contributed by atoms with E-state index in [9.17, 15) is 13.2 Å². The van der Waals surface area contributed by atoms with Gasteiger partial charge in [-0.3, -0.25) is 4.79 Å². The summed E-state index contributed by atoms with van der Waals surface area (Å²) in [5, 5.41) is 6.74. The first-order valence-electron chi connectivity index (χ1n) is 9.87. The van der Waals surface area contributed by atoms with Crippen LogP contribution >= 0.6 is 0 Å². The summed E-state index contributed by atoms with van der Waals surface area (Å²) < 4.78 is 33.3. The molecule has 1 saturated heterocycles. The van der Waals surface area contributed by atoms with Crippen molar-refractivity contribution in [2.45, 2.75) is 31.6 Å². The van der Waals surface area contributed by atoms with E-state index >= 15 is 0 Å². The molecule has 1 aromatic heterocycles. The maximum absolute atomic E-state index is 13.3. The van der Waals surface area contributed by atoms with E-state index in [0.29, 0.717) is 30.8 Å². The Morgan fingerprint density at radius 1 is 1.27 bits per heavy atom. The van der Waals surface area contributed by atoms with E-state index in [-0.39, 0.29) is 23.1 Å². The fourth-order valence-electron chi connectivity index (χ4n) is 3.40. The molecule has 0 saturated carbocycles. The van der Waals surface area contributed by atoms with E-state index < -0.39 is 15.9 Å². The SMILES string of the molecule is Cc1ccc(NC(=O)C2CCCN(S(=O)(=O)c3c(C)noc3/C=C/N(C)C)C2)cc1. The van der Waals surface area contributed by atoms with Crippen LogP contribution in [0.5, 0.6) is 0 Å². The highest BCUT2D eigenvalue weighted by Crippen LogP contribution is 2.29. The summed E-state index contributed by atoms with van der Waals surface area (Å²) in [6, 6.07) is 7.53. The van der Waals surface area contributed by atoms with Gasteiger partial charge in [0.2, 0.25) is 15.9 Å². The topological polar surface area (TPSA) is 95.8 Å². The molecule has 0 aliphatic carbocycles. The quantitative estimate of drug-likeness (QED) is 0.754. The molecule has 1 aliphatic rings. The molecule has 1 aromatic carbocycles. The molecule has 8 nitrogen and oxygen atoms in total. The number of aromatic nitrogens is 1. The zero-order valence-corrected chi connectivity index (χ0v) is 18.6. The third-order valence-corrected chi connectivity index (χ3v) is 7.05. The Hall–Kier alpha value is -2.65. The molecule has 1 aliphatic heterocycles. The Balaban J connectivity index is 1.78. The lowest BCUT2D eigenvalue weighted by Crippen LogP contribution is -2.43. The molecule has 1 amide bonds. The summed E-state index contributed by atoms with van der Waals surface area (Å²) in [6.07, 6.45) is 4.53. The number of anilines is 1. The normalized spacial score (nSPS) is 17.9. The second-order valence-corrected chi connectivity index (χ2v) is 9.67. The standard InChI is InChI=1S/C21H28N4O4S/c1-15-7-9-18(10-8-15)22-21(26)17-6-5-12-25(14-17)30(27,28)20-16(2)23-29-19(20)11-13-24(3)4/h7-11,13,17H,5-6,12,14H2,1-4H3,(H,22,26)/b13-11+. The second kappa shape index (κ2) is 9.01. The van der Waals surface area contributed by atoms with Crippen molar-refractivity contribution >= 4 is 27.7 Å². The van der Waals surface area contributed by atoms with Crippen molar-refractivity contribution in [1.29, 1.82) is 0 Å². The predicted octanol–water partition coefficient (Wildman–Crippen LogP) is 2.86. The van der Waals surface area contributed by atoms with Gasteiger partial charge < -0.3 is 14.7 Å². The maximum Gasteiger partial charge on any atom is 0.248 e. The summed E-state index contributed by atoms with van der Waals surface area (Å²) in [4.78, 5) is 14.6. The molecule has 1 atom stereocenters. The molecule has 162 valence electrons. The number of piperidine rings is 1. The lowest BCUT2D eigenvalue weighted by molar-refractivity contribution is -0.120. The molecular formula is C21H28N4O4S.